The highest BCUT2D eigenvalue weighted by Gasteiger charge is 2.07. The van der Waals surface area contributed by atoms with E-state index in [9.17, 15) is 4.79 Å². The van der Waals surface area contributed by atoms with Crippen LogP contribution >= 0.6 is 0 Å². The molecule has 0 unspecified atom stereocenters. The van der Waals surface area contributed by atoms with Crippen LogP contribution in [-0.4, -0.2) is 26.7 Å². The lowest BCUT2D eigenvalue weighted by molar-refractivity contribution is -0.115. The third kappa shape index (κ3) is 4.92. The molecule has 0 fully saturated rings. The highest BCUT2D eigenvalue weighted by molar-refractivity contribution is 5.92. The zero-order chi connectivity index (χ0) is 16.7. The topological polar surface area (TPSA) is 59.6 Å². The van der Waals surface area contributed by atoms with Gasteiger partial charge in [0.15, 0.2) is 0 Å². The maximum Gasteiger partial charge on any atom is 0.226 e. The van der Waals surface area contributed by atoms with Gasteiger partial charge in [-0.1, -0.05) is 12.1 Å². The molecule has 0 atom stereocenters. The number of anilines is 2. The number of hydrogen-bond donors (Lipinski definition) is 2. The van der Waals surface area contributed by atoms with Crippen LogP contribution < -0.4 is 20.1 Å². The van der Waals surface area contributed by atoms with Gasteiger partial charge in [0.1, 0.15) is 11.5 Å². The van der Waals surface area contributed by atoms with Crippen molar-refractivity contribution in [2.45, 2.75) is 13.3 Å². The van der Waals surface area contributed by atoms with E-state index in [0.29, 0.717) is 24.4 Å². The Balaban J connectivity index is 1.87. The van der Waals surface area contributed by atoms with Crippen molar-refractivity contribution < 1.29 is 14.3 Å². The molecule has 2 aromatic rings. The van der Waals surface area contributed by atoms with Gasteiger partial charge in [-0.05, 0) is 36.8 Å². The standard InChI is InChI=1S/C18H22N2O3/c1-13-7-8-17(23-3)16(11-13)20-18(21)9-10-19-14-5-4-6-15(12-14)22-2/h4-8,11-12,19H,9-10H2,1-3H3,(H,20,21). The van der Waals surface area contributed by atoms with Crippen LogP contribution in [0.25, 0.3) is 0 Å². The Morgan fingerprint density at radius 2 is 1.91 bits per heavy atom. The molecule has 1 amide bonds. The van der Waals surface area contributed by atoms with E-state index < -0.39 is 0 Å². The number of rotatable bonds is 7. The van der Waals surface area contributed by atoms with Gasteiger partial charge in [0.05, 0.1) is 19.9 Å². The number of hydrogen-bond acceptors (Lipinski definition) is 4. The van der Waals surface area contributed by atoms with Crippen LogP contribution in [0, 0.1) is 6.92 Å². The maximum atomic E-state index is 12.1. The number of benzene rings is 2. The number of amides is 1. The number of aryl methyl sites for hydroxylation is 1. The molecule has 0 aliphatic heterocycles. The summed E-state index contributed by atoms with van der Waals surface area (Å²) in [6.07, 6.45) is 0.355. The number of nitrogens with one attached hydrogen (secondary N) is 2. The van der Waals surface area contributed by atoms with Crippen molar-refractivity contribution in [2.24, 2.45) is 0 Å². The fraction of sp³-hybridized carbons (Fsp3) is 0.278. The highest BCUT2D eigenvalue weighted by Crippen LogP contribution is 2.25. The van der Waals surface area contributed by atoms with Gasteiger partial charge >= 0.3 is 0 Å². The molecule has 0 saturated heterocycles. The first-order valence-corrected chi connectivity index (χ1v) is 7.45. The summed E-state index contributed by atoms with van der Waals surface area (Å²) in [5.41, 5.74) is 2.68. The van der Waals surface area contributed by atoms with E-state index in [1.807, 2.05) is 49.4 Å². The van der Waals surface area contributed by atoms with Crippen molar-refractivity contribution in [2.75, 3.05) is 31.4 Å². The molecule has 0 saturated carbocycles. The monoisotopic (exact) mass is 314 g/mol. The summed E-state index contributed by atoms with van der Waals surface area (Å²) in [4.78, 5) is 12.1. The van der Waals surface area contributed by atoms with Gasteiger partial charge in [-0.25, -0.2) is 0 Å². The van der Waals surface area contributed by atoms with E-state index in [2.05, 4.69) is 10.6 Å². The first-order chi connectivity index (χ1) is 11.1. The minimum absolute atomic E-state index is 0.0655. The summed E-state index contributed by atoms with van der Waals surface area (Å²) in [7, 11) is 3.21. The summed E-state index contributed by atoms with van der Waals surface area (Å²) in [5, 5.41) is 6.09. The van der Waals surface area contributed by atoms with Crippen LogP contribution in [0.2, 0.25) is 0 Å². The van der Waals surface area contributed by atoms with Crippen molar-refractivity contribution in [3.8, 4) is 11.5 Å². The highest BCUT2D eigenvalue weighted by atomic mass is 16.5. The van der Waals surface area contributed by atoms with Crippen molar-refractivity contribution >= 4 is 17.3 Å². The van der Waals surface area contributed by atoms with Crippen LogP contribution in [0.3, 0.4) is 0 Å². The second-order valence-corrected chi connectivity index (χ2v) is 5.16. The lowest BCUT2D eigenvalue weighted by Gasteiger charge is -2.12. The van der Waals surface area contributed by atoms with E-state index in [0.717, 1.165) is 17.0 Å². The number of ether oxygens (including phenoxy) is 2. The van der Waals surface area contributed by atoms with Gasteiger partial charge < -0.3 is 20.1 Å². The fourth-order valence-corrected chi connectivity index (χ4v) is 2.19. The van der Waals surface area contributed by atoms with Crippen LogP contribution in [0.1, 0.15) is 12.0 Å². The molecule has 0 bridgehead atoms. The Bertz CT molecular complexity index is 671. The molecule has 0 radical (unpaired) electrons. The van der Waals surface area contributed by atoms with Gasteiger partial charge in [0, 0.05) is 24.7 Å². The number of carbonyl (C=O) groups is 1. The largest absolute Gasteiger partial charge is 0.497 e. The minimum atomic E-state index is -0.0655. The lowest BCUT2D eigenvalue weighted by Crippen LogP contribution is -2.16. The molecule has 2 N–H and O–H groups in total. The van der Waals surface area contributed by atoms with Crippen molar-refractivity contribution in [1.82, 2.24) is 0 Å². The average molecular weight is 314 g/mol. The normalized spacial score (nSPS) is 10.0. The van der Waals surface area contributed by atoms with E-state index in [1.165, 1.54) is 0 Å². The Morgan fingerprint density at radius 3 is 2.65 bits per heavy atom. The molecule has 23 heavy (non-hydrogen) atoms. The zero-order valence-electron chi connectivity index (χ0n) is 13.7. The van der Waals surface area contributed by atoms with Gasteiger partial charge in [-0.3, -0.25) is 4.79 Å². The molecular weight excluding hydrogens is 292 g/mol. The quantitative estimate of drug-likeness (QED) is 0.822. The summed E-state index contributed by atoms with van der Waals surface area (Å²) in [6, 6.07) is 13.3. The van der Waals surface area contributed by atoms with Gasteiger partial charge in [-0.2, -0.15) is 0 Å². The summed E-state index contributed by atoms with van der Waals surface area (Å²) < 4.78 is 10.4. The van der Waals surface area contributed by atoms with E-state index in [-0.39, 0.29) is 5.91 Å². The predicted octanol–water partition coefficient (Wildman–Crippen LogP) is 3.45. The SMILES string of the molecule is COc1cccc(NCCC(=O)Nc2cc(C)ccc2OC)c1. The summed E-state index contributed by atoms with van der Waals surface area (Å²) in [6.45, 7) is 2.51. The molecule has 0 aliphatic carbocycles. The Hall–Kier alpha value is -2.69. The third-order valence-electron chi connectivity index (χ3n) is 3.38. The number of methoxy groups -OCH3 is 2. The zero-order valence-corrected chi connectivity index (χ0v) is 13.7. The summed E-state index contributed by atoms with van der Waals surface area (Å²) >= 11 is 0. The van der Waals surface area contributed by atoms with Crippen molar-refractivity contribution in [1.29, 1.82) is 0 Å². The fourth-order valence-electron chi connectivity index (χ4n) is 2.19. The van der Waals surface area contributed by atoms with Gasteiger partial charge in [0.25, 0.3) is 0 Å². The third-order valence-corrected chi connectivity index (χ3v) is 3.38. The van der Waals surface area contributed by atoms with Crippen molar-refractivity contribution in [3.05, 3.63) is 48.0 Å². The maximum absolute atomic E-state index is 12.1. The Kier molecular flexibility index (Phi) is 5.86. The molecule has 0 aliphatic rings. The predicted molar refractivity (Wildman–Crippen MR) is 92.5 cm³/mol. The van der Waals surface area contributed by atoms with Gasteiger partial charge in [-0.15, -0.1) is 0 Å². The Morgan fingerprint density at radius 1 is 1.09 bits per heavy atom. The van der Waals surface area contributed by atoms with Gasteiger partial charge in [0.2, 0.25) is 5.91 Å². The second-order valence-electron chi connectivity index (χ2n) is 5.16. The molecule has 2 rings (SSSR count). The molecule has 122 valence electrons. The minimum Gasteiger partial charge on any atom is -0.497 e. The van der Waals surface area contributed by atoms with E-state index in [1.54, 1.807) is 14.2 Å². The first kappa shape index (κ1) is 16.7. The van der Waals surface area contributed by atoms with Crippen LogP contribution in [0.5, 0.6) is 11.5 Å². The Labute approximate surface area is 136 Å². The van der Waals surface area contributed by atoms with Crippen LogP contribution in [0.4, 0.5) is 11.4 Å². The average Bonchev–Trinajstić information content (AvgIpc) is 2.55. The van der Waals surface area contributed by atoms with Crippen LogP contribution in [0.15, 0.2) is 42.5 Å². The van der Waals surface area contributed by atoms with E-state index in [4.69, 9.17) is 9.47 Å². The molecule has 2 aromatic carbocycles. The molecule has 5 nitrogen and oxygen atoms in total. The molecule has 0 heterocycles. The molecule has 5 heteroatoms. The number of carbonyl (C=O) groups excluding carboxylic acids is 1. The molecular formula is C18H22N2O3. The van der Waals surface area contributed by atoms with Crippen molar-refractivity contribution in [3.63, 3.8) is 0 Å². The van der Waals surface area contributed by atoms with Crippen LogP contribution in [-0.2, 0) is 4.79 Å². The lowest BCUT2D eigenvalue weighted by atomic mass is 10.2. The smallest absolute Gasteiger partial charge is 0.226 e. The molecule has 0 aromatic heterocycles. The first-order valence-electron chi connectivity index (χ1n) is 7.45. The second kappa shape index (κ2) is 8.08. The molecule has 0 spiro atoms. The summed E-state index contributed by atoms with van der Waals surface area (Å²) in [5.74, 6) is 1.37. The van der Waals surface area contributed by atoms with E-state index >= 15 is 0 Å².